The Labute approximate surface area is 143 Å². The van der Waals surface area contributed by atoms with Gasteiger partial charge in [0.25, 0.3) is 0 Å². The number of halogens is 3. The van der Waals surface area contributed by atoms with Crippen LogP contribution in [0.4, 0.5) is 13.2 Å². The predicted octanol–water partition coefficient (Wildman–Crippen LogP) is 4.46. The molecule has 0 aliphatic carbocycles. The second kappa shape index (κ2) is 8.24. The maximum absolute atomic E-state index is 12.5. The Kier molecular flexibility index (Phi) is 6.31. The molecule has 0 unspecified atom stereocenters. The quantitative estimate of drug-likeness (QED) is 0.777. The molecule has 0 aliphatic rings. The van der Waals surface area contributed by atoms with Crippen molar-refractivity contribution in [2.75, 3.05) is 12.3 Å². The molecule has 2 aromatic rings. The van der Waals surface area contributed by atoms with E-state index in [2.05, 4.69) is 5.32 Å². The Morgan fingerprint density at radius 3 is 2.25 bits per heavy atom. The Morgan fingerprint density at radius 2 is 1.67 bits per heavy atom. The van der Waals surface area contributed by atoms with E-state index in [0.29, 0.717) is 18.7 Å². The molecule has 2 nitrogen and oxygen atoms in total. The van der Waals surface area contributed by atoms with Gasteiger partial charge in [0.2, 0.25) is 5.91 Å². The molecule has 128 valence electrons. The molecule has 0 heterocycles. The van der Waals surface area contributed by atoms with E-state index in [1.165, 1.54) is 29.5 Å². The second-order valence-electron chi connectivity index (χ2n) is 5.40. The number of carbonyl (C=O) groups excluding carboxylic acids is 1. The van der Waals surface area contributed by atoms with E-state index in [9.17, 15) is 18.0 Å². The first-order valence-electron chi connectivity index (χ1n) is 7.47. The maximum Gasteiger partial charge on any atom is 0.416 e. The maximum atomic E-state index is 12.5. The zero-order valence-corrected chi connectivity index (χ0v) is 14.0. The van der Waals surface area contributed by atoms with Crippen molar-refractivity contribution in [1.29, 1.82) is 0 Å². The molecule has 0 spiro atoms. The lowest BCUT2D eigenvalue weighted by Crippen LogP contribution is -2.27. The molecule has 0 bridgehead atoms. The lowest BCUT2D eigenvalue weighted by atomic mass is 10.1. The molecular weight excluding hydrogens is 335 g/mol. The van der Waals surface area contributed by atoms with Gasteiger partial charge in [-0.2, -0.15) is 13.2 Å². The van der Waals surface area contributed by atoms with Crippen LogP contribution in [0.3, 0.4) is 0 Å². The molecule has 0 atom stereocenters. The third kappa shape index (κ3) is 5.92. The molecular formula is C18H18F3NOS. The average Bonchev–Trinajstić information content (AvgIpc) is 2.54. The van der Waals surface area contributed by atoms with E-state index in [4.69, 9.17) is 0 Å². The first-order chi connectivity index (χ1) is 11.3. The Balaban J connectivity index is 1.71. The van der Waals surface area contributed by atoms with Gasteiger partial charge in [0.05, 0.1) is 11.3 Å². The van der Waals surface area contributed by atoms with Crippen LogP contribution in [0.15, 0.2) is 53.4 Å². The second-order valence-corrected chi connectivity index (χ2v) is 6.45. The minimum Gasteiger partial charge on any atom is -0.355 e. The van der Waals surface area contributed by atoms with Crippen LogP contribution in [0.2, 0.25) is 0 Å². The van der Waals surface area contributed by atoms with Crippen molar-refractivity contribution in [1.82, 2.24) is 5.32 Å². The minimum absolute atomic E-state index is 0.0903. The van der Waals surface area contributed by atoms with Gasteiger partial charge < -0.3 is 5.32 Å². The van der Waals surface area contributed by atoms with E-state index in [1.54, 1.807) is 0 Å². The van der Waals surface area contributed by atoms with Crippen LogP contribution >= 0.6 is 11.8 Å². The zero-order valence-electron chi connectivity index (χ0n) is 13.2. The van der Waals surface area contributed by atoms with Gasteiger partial charge >= 0.3 is 6.18 Å². The molecule has 24 heavy (non-hydrogen) atoms. The molecule has 2 rings (SSSR count). The highest BCUT2D eigenvalue weighted by Crippen LogP contribution is 2.29. The van der Waals surface area contributed by atoms with Crippen LogP contribution in [0, 0.1) is 6.92 Å². The fourth-order valence-corrected chi connectivity index (χ4v) is 2.77. The zero-order chi connectivity index (χ0) is 17.6. The van der Waals surface area contributed by atoms with Crippen molar-refractivity contribution in [3.8, 4) is 0 Å². The summed E-state index contributed by atoms with van der Waals surface area (Å²) >= 11 is 1.45. The molecule has 0 saturated heterocycles. The Hall–Kier alpha value is -1.95. The monoisotopic (exact) mass is 353 g/mol. The van der Waals surface area contributed by atoms with E-state index < -0.39 is 11.7 Å². The number of thioether (sulfide) groups is 1. The highest BCUT2D eigenvalue weighted by atomic mass is 32.2. The number of alkyl halides is 3. The van der Waals surface area contributed by atoms with Gasteiger partial charge in [0.15, 0.2) is 0 Å². The molecule has 0 aliphatic heterocycles. The van der Waals surface area contributed by atoms with Crippen molar-refractivity contribution in [2.24, 2.45) is 0 Å². The molecule has 2 aromatic carbocycles. The third-order valence-corrected chi connectivity index (χ3v) is 4.42. The molecule has 1 amide bonds. The summed E-state index contributed by atoms with van der Waals surface area (Å²) in [4.78, 5) is 12.8. The van der Waals surface area contributed by atoms with Gasteiger partial charge in [-0.05, 0) is 43.2 Å². The van der Waals surface area contributed by atoms with E-state index in [-0.39, 0.29) is 5.91 Å². The smallest absolute Gasteiger partial charge is 0.355 e. The van der Waals surface area contributed by atoms with Crippen molar-refractivity contribution < 1.29 is 18.0 Å². The third-order valence-electron chi connectivity index (χ3n) is 3.41. The fraction of sp³-hybridized carbons (Fsp3) is 0.278. The molecule has 6 heteroatoms. The summed E-state index contributed by atoms with van der Waals surface area (Å²) in [5.41, 5.74) is 1.26. The summed E-state index contributed by atoms with van der Waals surface area (Å²) in [6.45, 7) is 2.40. The van der Waals surface area contributed by atoms with Gasteiger partial charge in [0.1, 0.15) is 0 Å². The average molecular weight is 353 g/mol. The standard InChI is InChI=1S/C18H18F3NOS/c1-13-2-8-16(9-3-13)24-12-17(23)22-11-10-14-4-6-15(7-5-14)18(19,20)21/h2-9H,10-12H2,1H3,(H,22,23). The van der Waals surface area contributed by atoms with Gasteiger partial charge in [-0.25, -0.2) is 0 Å². The van der Waals surface area contributed by atoms with Crippen LogP contribution in [-0.4, -0.2) is 18.2 Å². The van der Waals surface area contributed by atoms with Crippen LogP contribution < -0.4 is 5.32 Å². The highest BCUT2D eigenvalue weighted by molar-refractivity contribution is 8.00. The predicted molar refractivity (Wildman–Crippen MR) is 90.1 cm³/mol. The Morgan fingerprint density at radius 1 is 1.04 bits per heavy atom. The van der Waals surface area contributed by atoms with Gasteiger partial charge in [-0.1, -0.05) is 29.8 Å². The van der Waals surface area contributed by atoms with Crippen molar-refractivity contribution in [2.45, 2.75) is 24.4 Å². The van der Waals surface area contributed by atoms with Crippen LogP contribution in [0.5, 0.6) is 0 Å². The van der Waals surface area contributed by atoms with E-state index in [1.807, 2.05) is 31.2 Å². The van der Waals surface area contributed by atoms with E-state index in [0.717, 1.165) is 22.6 Å². The summed E-state index contributed by atoms with van der Waals surface area (Å²) in [6, 6.07) is 12.9. The summed E-state index contributed by atoms with van der Waals surface area (Å²) < 4.78 is 37.4. The highest BCUT2D eigenvalue weighted by Gasteiger charge is 2.29. The normalized spacial score (nSPS) is 11.3. The number of rotatable bonds is 6. The largest absolute Gasteiger partial charge is 0.416 e. The number of carbonyl (C=O) groups is 1. The number of amides is 1. The lowest BCUT2D eigenvalue weighted by Gasteiger charge is -2.08. The van der Waals surface area contributed by atoms with Crippen LogP contribution in [0.1, 0.15) is 16.7 Å². The van der Waals surface area contributed by atoms with Gasteiger partial charge in [-0.3, -0.25) is 4.79 Å². The number of hydrogen-bond acceptors (Lipinski definition) is 2. The summed E-state index contributed by atoms with van der Waals surface area (Å²) in [6.07, 6.45) is -3.82. The number of benzene rings is 2. The molecule has 1 N–H and O–H groups in total. The van der Waals surface area contributed by atoms with Crippen molar-refractivity contribution in [3.05, 3.63) is 65.2 Å². The number of aryl methyl sites for hydroxylation is 1. The fourth-order valence-electron chi connectivity index (χ4n) is 2.04. The summed E-state index contributed by atoms with van der Waals surface area (Å²) in [5, 5.41) is 2.78. The molecule has 0 fully saturated rings. The first-order valence-corrected chi connectivity index (χ1v) is 8.45. The molecule has 0 radical (unpaired) electrons. The SMILES string of the molecule is Cc1ccc(SCC(=O)NCCc2ccc(C(F)(F)F)cc2)cc1. The molecule has 0 saturated carbocycles. The lowest BCUT2D eigenvalue weighted by molar-refractivity contribution is -0.137. The van der Waals surface area contributed by atoms with Crippen LogP contribution in [-0.2, 0) is 17.4 Å². The Bertz CT molecular complexity index is 666. The molecule has 0 aromatic heterocycles. The van der Waals surface area contributed by atoms with Crippen molar-refractivity contribution in [3.63, 3.8) is 0 Å². The number of hydrogen-bond donors (Lipinski definition) is 1. The first kappa shape index (κ1) is 18.4. The van der Waals surface area contributed by atoms with Crippen LogP contribution in [0.25, 0.3) is 0 Å². The van der Waals surface area contributed by atoms with Crippen molar-refractivity contribution >= 4 is 17.7 Å². The van der Waals surface area contributed by atoms with E-state index >= 15 is 0 Å². The van der Waals surface area contributed by atoms with Gasteiger partial charge in [0, 0.05) is 11.4 Å². The minimum atomic E-state index is -4.32. The summed E-state index contributed by atoms with van der Waals surface area (Å²) in [5.74, 6) is 0.225. The van der Waals surface area contributed by atoms with Gasteiger partial charge in [-0.15, -0.1) is 11.8 Å². The summed E-state index contributed by atoms with van der Waals surface area (Å²) in [7, 11) is 0. The number of nitrogens with one attached hydrogen (secondary N) is 1. The topological polar surface area (TPSA) is 29.1 Å².